The third kappa shape index (κ3) is 2.83. The van der Waals surface area contributed by atoms with Crippen LogP contribution in [-0.4, -0.2) is 19.3 Å². The van der Waals surface area contributed by atoms with Crippen molar-refractivity contribution in [3.8, 4) is 0 Å². The van der Waals surface area contributed by atoms with Crippen LogP contribution in [0.4, 0.5) is 24.5 Å². The molecular formula is C12H14ClF3N2. The predicted molar refractivity (Wildman–Crippen MR) is 66.9 cm³/mol. The third-order valence-electron chi connectivity index (χ3n) is 3.27. The van der Waals surface area contributed by atoms with E-state index in [1.165, 1.54) is 0 Å². The zero-order valence-electron chi connectivity index (χ0n) is 9.67. The fourth-order valence-electron chi connectivity index (χ4n) is 2.23. The molecule has 6 heteroatoms. The maximum absolute atomic E-state index is 12.5. The molecule has 100 valence electrons. The summed E-state index contributed by atoms with van der Waals surface area (Å²) in [5, 5.41) is 0.487. The van der Waals surface area contributed by atoms with Gasteiger partial charge in [0.05, 0.1) is 16.6 Å². The Bertz CT molecular complexity index is 426. The van der Waals surface area contributed by atoms with Crippen LogP contribution in [0.2, 0.25) is 5.02 Å². The molecule has 0 amide bonds. The van der Waals surface area contributed by atoms with Gasteiger partial charge >= 0.3 is 6.18 Å². The normalized spacial score (nSPS) is 18.1. The van der Waals surface area contributed by atoms with Crippen LogP contribution in [0, 0.1) is 5.92 Å². The number of hydrogen-bond donors (Lipinski definition) is 1. The summed E-state index contributed by atoms with van der Waals surface area (Å²) in [7, 11) is 0. The number of piperidine rings is 1. The van der Waals surface area contributed by atoms with Gasteiger partial charge in [0.1, 0.15) is 0 Å². The van der Waals surface area contributed by atoms with Crippen LogP contribution < -0.4 is 10.6 Å². The number of nitrogen functional groups attached to an aromatic ring is 1. The lowest BCUT2D eigenvalue weighted by Gasteiger charge is -2.34. The van der Waals surface area contributed by atoms with Gasteiger partial charge in [-0.1, -0.05) is 11.6 Å². The van der Waals surface area contributed by atoms with Gasteiger partial charge in [0, 0.05) is 18.8 Å². The Balaban J connectivity index is 2.06. The standard InChI is InChI=1S/C12H14ClF3N2/c13-10-7-9(17)1-2-11(10)18-5-3-8(4-6-18)12(14,15)16/h1-2,7-8H,3-6,17H2. The van der Waals surface area contributed by atoms with Crippen LogP contribution in [-0.2, 0) is 0 Å². The number of alkyl halides is 3. The van der Waals surface area contributed by atoms with Gasteiger partial charge in [0.25, 0.3) is 0 Å². The summed E-state index contributed by atoms with van der Waals surface area (Å²) in [6, 6.07) is 5.08. The first kappa shape index (κ1) is 13.3. The molecule has 0 radical (unpaired) electrons. The number of halogens is 4. The first-order chi connectivity index (χ1) is 8.38. The van der Waals surface area contributed by atoms with E-state index in [1.54, 1.807) is 18.2 Å². The number of anilines is 2. The van der Waals surface area contributed by atoms with Crippen molar-refractivity contribution in [2.45, 2.75) is 19.0 Å². The van der Waals surface area contributed by atoms with Gasteiger partial charge in [-0.25, -0.2) is 0 Å². The molecule has 1 aromatic rings. The second-order valence-electron chi connectivity index (χ2n) is 4.51. The molecule has 1 aliphatic rings. The van der Waals surface area contributed by atoms with Crippen LogP contribution in [0.5, 0.6) is 0 Å². The predicted octanol–water partition coefficient (Wildman–Crippen LogP) is 3.70. The molecule has 1 aromatic carbocycles. The highest BCUT2D eigenvalue weighted by molar-refractivity contribution is 6.33. The zero-order chi connectivity index (χ0) is 13.3. The van der Waals surface area contributed by atoms with E-state index in [4.69, 9.17) is 17.3 Å². The Labute approximate surface area is 109 Å². The maximum Gasteiger partial charge on any atom is 0.391 e. The summed E-state index contributed by atoms with van der Waals surface area (Å²) in [5.74, 6) is -1.19. The molecule has 2 N–H and O–H groups in total. The third-order valence-corrected chi connectivity index (χ3v) is 3.57. The quantitative estimate of drug-likeness (QED) is 0.794. The van der Waals surface area contributed by atoms with Gasteiger partial charge in [-0.2, -0.15) is 13.2 Å². The van der Waals surface area contributed by atoms with E-state index < -0.39 is 12.1 Å². The fourth-order valence-corrected chi connectivity index (χ4v) is 2.54. The molecule has 0 unspecified atom stereocenters. The molecule has 2 nitrogen and oxygen atoms in total. The van der Waals surface area contributed by atoms with E-state index in [0.717, 1.165) is 5.69 Å². The summed E-state index contributed by atoms with van der Waals surface area (Å²) in [4.78, 5) is 1.88. The van der Waals surface area contributed by atoms with E-state index in [0.29, 0.717) is 23.8 Å². The van der Waals surface area contributed by atoms with Gasteiger partial charge in [0.2, 0.25) is 0 Å². The summed E-state index contributed by atoms with van der Waals surface area (Å²) in [5.41, 5.74) is 6.89. The molecular weight excluding hydrogens is 265 g/mol. The summed E-state index contributed by atoms with van der Waals surface area (Å²) >= 11 is 6.05. The highest BCUT2D eigenvalue weighted by Crippen LogP contribution is 2.37. The molecule has 0 spiro atoms. The smallest absolute Gasteiger partial charge is 0.391 e. The van der Waals surface area contributed by atoms with Crippen LogP contribution >= 0.6 is 11.6 Å². The minimum absolute atomic E-state index is 0.115. The Morgan fingerprint density at radius 1 is 1.22 bits per heavy atom. The van der Waals surface area contributed by atoms with Crippen molar-refractivity contribution in [2.24, 2.45) is 5.92 Å². The summed E-state index contributed by atoms with van der Waals surface area (Å²) in [6.07, 6.45) is -3.86. The Morgan fingerprint density at radius 3 is 2.33 bits per heavy atom. The van der Waals surface area contributed by atoms with Gasteiger partial charge in [-0.05, 0) is 31.0 Å². The van der Waals surface area contributed by atoms with Crippen molar-refractivity contribution in [1.82, 2.24) is 0 Å². The monoisotopic (exact) mass is 278 g/mol. The molecule has 2 rings (SSSR count). The molecule has 0 bridgehead atoms. The van der Waals surface area contributed by atoms with Crippen molar-refractivity contribution < 1.29 is 13.2 Å². The van der Waals surface area contributed by atoms with Crippen LogP contribution in [0.25, 0.3) is 0 Å². The van der Waals surface area contributed by atoms with Gasteiger partial charge in [-0.15, -0.1) is 0 Å². The van der Waals surface area contributed by atoms with E-state index in [2.05, 4.69) is 0 Å². The number of benzene rings is 1. The van der Waals surface area contributed by atoms with Crippen molar-refractivity contribution in [1.29, 1.82) is 0 Å². The Kier molecular flexibility index (Phi) is 3.61. The minimum atomic E-state index is -4.09. The van der Waals surface area contributed by atoms with Crippen LogP contribution in [0.1, 0.15) is 12.8 Å². The van der Waals surface area contributed by atoms with Crippen LogP contribution in [0.15, 0.2) is 18.2 Å². The fraction of sp³-hybridized carbons (Fsp3) is 0.500. The van der Waals surface area contributed by atoms with Crippen LogP contribution in [0.3, 0.4) is 0 Å². The lowest BCUT2D eigenvalue weighted by atomic mass is 9.96. The van der Waals surface area contributed by atoms with Gasteiger partial charge < -0.3 is 10.6 Å². The lowest BCUT2D eigenvalue weighted by Crippen LogP contribution is -2.39. The number of hydrogen-bond acceptors (Lipinski definition) is 2. The molecule has 0 aromatic heterocycles. The molecule has 0 atom stereocenters. The largest absolute Gasteiger partial charge is 0.399 e. The Morgan fingerprint density at radius 2 is 1.83 bits per heavy atom. The number of rotatable bonds is 1. The van der Waals surface area contributed by atoms with E-state index >= 15 is 0 Å². The molecule has 1 fully saturated rings. The van der Waals surface area contributed by atoms with E-state index in [9.17, 15) is 13.2 Å². The molecule has 1 aliphatic heterocycles. The molecule has 1 heterocycles. The van der Waals surface area contributed by atoms with Crippen molar-refractivity contribution in [2.75, 3.05) is 23.7 Å². The highest BCUT2D eigenvalue weighted by atomic mass is 35.5. The second-order valence-corrected chi connectivity index (χ2v) is 4.92. The van der Waals surface area contributed by atoms with Gasteiger partial charge in [-0.3, -0.25) is 0 Å². The lowest BCUT2D eigenvalue weighted by molar-refractivity contribution is -0.179. The van der Waals surface area contributed by atoms with Crippen molar-refractivity contribution >= 4 is 23.0 Å². The van der Waals surface area contributed by atoms with Gasteiger partial charge in [0.15, 0.2) is 0 Å². The highest BCUT2D eigenvalue weighted by Gasteiger charge is 2.41. The maximum atomic E-state index is 12.5. The van der Waals surface area contributed by atoms with E-state index in [-0.39, 0.29) is 12.8 Å². The molecule has 1 saturated heterocycles. The first-order valence-electron chi connectivity index (χ1n) is 5.74. The molecule has 0 aliphatic carbocycles. The second kappa shape index (κ2) is 4.88. The van der Waals surface area contributed by atoms with Crippen molar-refractivity contribution in [3.63, 3.8) is 0 Å². The average Bonchev–Trinajstić information content (AvgIpc) is 2.28. The van der Waals surface area contributed by atoms with E-state index in [1.807, 2.05) is 4.90 Å². The summed E-state index contributed by atoms with van der Waals surface area (Å²) in [6.45, 7) is 0.738. The number of nitrogens with two attached hydrogens (primary N) is 1. The summed E-state index contributed by atoms with van der Waals surface area (Å²) < 4.78 is 37.6. The Hall–Kier alpha value is -1.10. The molecule has 0 saturated carbocycles. The van der Waals surface area contributed by atoms with Crippen molar-refractivity contribution in [3.05, 3.63) is 23.2 Å². The average molecular weight is 279 g/mol. The minimum Gasteiger partial charge on any atom is -0.399 e. The zero-order valence-corrected chi connectivity index (χ0v) is 10.4. The number of nitrogens with zero attached hydrogens (tertiary/aromatic N) is 1. The molecule has 18 heavy (non-hydrogen) atoms. The first-order valence-corrected chi connectivity index (χ1v) is 6.12. The topological polar surface area (TPSA) is 29.3 Å². The SMILES string of the molecule is Nc1ccc(N2CCC(C(F)(F)F)CC2)c(Cl)c1.